The number of carbonyl (C=O) groups excluding carboxylic acids is 2. The zero-order chi connectivity index (χ0) is 18.6. The molecular weight excluding hydrogens is 320 g/mol. The summed E-state index contributed by atoms with van der Waals surface area (Å²) in [6, 6.07) is 5.33. The van der Waals surface area contributed by atoms with E-state index < -0.39 is 17.4 Å². The van der Waals surface area contributed by atoms with Crippen LogP contribution in [0.2, 0.25) is 0 Å². The Morgan fingerprint density at radius 2 is 1.80 bits per heavy atom. The van der Waals surface area contributed by atoms with E-state index in [9.17, 15) is 19.5 Å². The van der Waals surface area contributed by atoms with Crippen LogP contribution in [-0.2, 0) is 9.59 Å². The fraction of sp³-hybridized carbons (Fsp3) is 0.526. The number of carboxylic acids is 1. The van der Waals surface area contributed by atoms with Gasteiger partial charge in [0.2, 0.25) is 5.91 Å². The van der Waals surface area contributed by atoms with Gasteiger partial charge in [0.1, 0.15) is 5.54 Å². The molecule has 1 aliphatic rings. The number of benzene rings is 1. The summed E-state index contributed by atoms with van der Waals surface area (Å²) in [6.45, 7) is 5.72. The van der Waals surface area contributed by atoms with Crippen LogP contribution < -0.4 is 10.6 Å². The highest BCUT2D eigenvalue weighted by Crippen LogP contribution is 2.32. The van der Waals surface area contributed by atoms with Crippen LogP contribution >= 0.6 is 0 Å². The molecule has 0 aliphatic heterocycles. The number of aliphatic carboxylic acids is 1. The summed E-state index contributed by atoms with van der Waals surface area (Å²) in [5.41, 5.74) is 1.35. The molecule has 0 aromatic heterocycles. The SMILES string of the molecule is Cc1ccc(C(=O)NCC(=O)NC2(C(=O)O)CCC(C)CC2)cc1C. The minimum atomic E-state index is -1.21. The standard InChI is InChI=1S/C19H26N2O4/c1-12-6-8-19(9-7-12,18(24)25)21-16(22)11-20-17(23)15-5-4-13(2)14(3)10-15/h4-5,10,12H,6-9,11H2,1-3H3,(H,20,23)(H,21,22)(H,24,25). The predicted molar refractivity (Wildman–Crippen MR) is 94.4 cm³/mol. The van der Waals surface area contributed by atoms with E-state index in [4.69, 9.17) is 0 Å². The second-order valence-corrected chi connectivity index (χ2v) is 7.10. The van der Waals surface area contributed by atoms with E-state index in [-0.39, 0.29) is 12.5 Å². The van der Waals surface area contributed by atoms with Crippen molar-refractivity contribution in [1.82, 2.24) is 10.6 Å². The van der Waals surface area contributed by atoms with Crippen LogP contribution in [0.25, 0.3) is 0 Å². The lowest BCUT2D eigenvalue weighted by atomic mass is 9.77. The molecule has 0 atom stereocenters. The molecule has 0 unspecified atom stereocenters. The van der Waals surface area contributed by atoms with Crippen LogP contribution in [0.4, 0.5) is 0 Å². The highest BCUT2D eigenvalue weighted by molar-refractivity contribution is 5.97. The maximum atomic E-state index is 12.2. The van der Waals surface area contributed by atoms with Crippen molar-refractivity contribution in [3.8, 4) is 0 Å². The van der Waals surface area contributed by atoms with Gasteiger partial charge < -0.3 is 15.7 Å². The highest BCUT2D eigenvalue weighted by Gasteiger charge is 2.42. The van der Waals surface area contributed by atoms with E-state index in [1.165, 1.54) is 0 Å². The summed E-state index contributed by atoms with van der Waals surface area (Å²) < 4.78 is 0. The molecule has 1 fully saturated rings. The molecule has 136 valence electrons. The lowest BCUT2D eigenvalue weighted by Gasteiger charge is -2.36. The summed E-state index contributed by atoms with van der Waals surface area (Å²) in [7, 11) is 0. The quantitative estimate of drug-likeness (QED) is 0.761. The summed E-state index contributed by atoms with van der Waals surface area (Å²) in [5, 5.41) is 14.7. The van der Waals surface area contributed by atoms with E-state index in [0.717, 1.165) is 24.0 Å². The number of amides is 2. The van der Waals surface area contributed by atoms with Crippen molar-refractivity contribution in [3.05, 3.63) is 34.9 Å². The minimum Gasteiger partial charge on any atom is -0.480 e. The Balaban J connectivity index is 1.93. The first-order valence-corrected chi connectivity index (χ1v) is 8.63. The molecule has 1 aliphatic carbocycles. The van der Waals surface area contributed by atoms with Gasteiger partial charge in [0, 0.05) is 5.56 Å². The Morgan fingerprint density at radius 1 is 1.16 bits per heavy atom. The molecule has 2 rings (SSSR count). The Kier molecular flexibility index (Phi) is 5.82. The summed E-state index contributed by atoms with van der Waals surface area (Å²) >= 11 is 0. The van der Waals surface area contributed by atoms with Gasteiger partial charge in [0.15, 0.2) is 0 Å². The van der Waals surface area contributed by atoms with Crippen molar-refractivity contribution < 1.29 is 19.5 Å². The first-order chi connectivity index (χ1) is 11.7. The number of carbonyl (C=O) groups is 3. The van der Waals surface area contributed by atoms with Gasteiger partial charge >= 0.3 is 5.97 Å². The number of hydrogen-bond acceptors (Lipinski definition) is 3. The van der Waals surface area contributed by atoms with E-state index >= 15 is 0 Å². The maximum Gasteiger partial charge on any atom is 0.329 e. The molecule has 25 heavy (non-hydrogen) atoms. The van der Waals surface area contributed by atoms with Crippen LogP contribution in [0.3, 0.4) is 0 Å². The Labute approximate surface area is 148 Å². The normalized spacial score (nSPS) is 22.9. The van der Waals surface area contributed by atoms with Crippen LogP contribution in [-0.4, -0.2) is 35.0 Å². The Hall–Kier alpha value is -2.37. The van der Waals surface area contributed by atoms with Crippen LogP contribution in [0.15, 0.2) is 18.2 Å². The zero-order valence-corrected chi connectivity index (χ0v) is 15.0. The first-order valence-electron chi connectivity index (χ1n) is 8.63. The minimum absolute atomic E-state index is 0.240. The number of hydrogen-bond donors (Lipinski definition) is 3. The molecule has 0 spiro atoms. The zero-order valence-electron chi connectivity index (χ0n) is 15.0. The number of nitrogens with one attached hydrogen (secondary N) is 2. The van der Waals surface area contributed by atoms with E-state index in [1.54, 1.807) is 12.1 Å². The first kappa shape index (κ1) is 19.0. The van der Waals surface area contributed by atoms with Gasteiger partial charge in [-0.1, -0.05) is 13.0 Å². The molecule has 2 amide bonds. The number of carboxylic acid groups (broad SMARTS) is 1. The summed E-state index contributed by atoms with van der Waals surface area (Å²) in [6.07, 6.45) is 2.36. The van der Waals surface area contributed by atoms with Gasteiger partial charge in [-0.15, -0.1) is 0 Å². The molecule has 1 saturated carbocycles. The van der Waals surface area contributed by atoms with Crippen LogP contribution in [0.1, 0.15) is 54.1 Å². The molecule has 0 heterocycles. The highest BCUT2D eigenvalue weighted by atomic mass is 16.4. The average Bonchev–Trinajstić information content (AvgIpc) is 2.57. The molecular formula is C19H26N2O4. The molecule has 0 bridgehead atoms. The van der Waals surface area contributed by atoms with Crippen LogP contribution in [0.5, 0.6) is 0 Å². The van der Waals surface area contributed by atoms with Crippen molar-refractivity contribution in [3.63, 3.8) is 0 Å². The molecule has 1 aromatic carbocycles. The van der Waals surface area contributed by atoms with E-state index in [2.05, 4.69) is 17.6 Å². The number of rotatable bonds is 5. The monoisotopic (exact) mass is 346 g/mol. The third-order valence-corrected chi connectivity index (χ3v) is 5.09. The van der Waals surface area contributed by atoms with Crippen LogP contribution in [0, 0.1) is 19.8 Å². The van der Waals surface area contributed by atoms with Gasteiger partial charge in [-0.25, -0.2) is 4.79 Å². The Bertz CT molecular complexity index is 676. The van der Waals surface area contributed by atoms with Gasteiger partial charge in [-0.3, -0.25) is 9.59 Å². The predicted octanol–water partition coefficient (Wildman–Crippen LogP) is 2.18. The van der Waals surface area contributed by atoms with Gasteiger partial charge in [-0.05, 0) is 68.7 Å². The molecule has 0 radical (unpaired) electrons. The molecule has 0 saturated heterocycles. The number of aryl methyl sites for hydroxylation is 2. The fourth-order valence-electron chi connectivity index (χ4n) is 3.10. The molecule has 6 nitrogen and oxygen atoms in total. The molecule has 1 aromatic rings. The van der Waals surface area contributed by atoms with Gasteiger partial charge in [0.25, 0.3) is 5.91 Å². The van der Waals surface area contributed by atoms with E-state index in [1.807, 2.05) is 19.9 Å². The third kappa shape index (κ3) is 4.59. The van der Waals surface area contributed by atoms with Crippen molar-refractivity contribution in [2.45, 2.75) is 52.0 Å². The van der Waals surface area contributed by atoms with Crippen molar-refractivity contribution in [2.24, 2.45) is 5.92 Å². The fourth-order valence-corrected chi connectivity index (χ4v) is 3.10. The van der Waals surface area contributed by atoms with E-state index in [0.29, 0.717) is 24.3 Å². The topological polar surface area (TPSA) is 95.5 Å². The van der Waals surface area contributed by atoms with Crippen molar-refractivity contribution >= 4 is 17.8 Å². The second-order valence-electron chi connectivity index (χ2n) is 7.10. The average molecular weight is 346 g/mol. The summed E-state index contributed by atoms with van der Waals surface area (Å²) in [5.74, 6) is -1.36. The smallest absolute Gasteiger partial charge is 0.329 e. The third-order valence-electron chi connectivity index (χ3n) is 5.09. The largest absolute Gasteiger partial charge is 0.480 e. The van der Waals surface area contributed by atoms with Gasteiger partial charge in [0.05, 0.1) is 6.54 Å². The van der Waals surface area contributed by atoms with Crippen molar-refractivity contribution in [2.75, 3.05) is 6.54 Å². The summed E-state index contributed by atoms with van der Waals surface area (Å²) in [4.78, 5) is 36.0. The lowest BCUT2D eigenvalue weighted by molar-refractivity contribution is -0.149. The molecule has 3 N–H and O–H groups in total. The lowest BCUT2D eigenvalue weighted by Crippen LogP contribution is -2.58. The second kappa shape index (κ2) is 7.68. The van der Waals surface area contributed by atoms with Crippen molar-refractivity contribution in [1.29, 1.82) is 0 Å². The maximum absolute atomic E-state index is 12.2. The Morgan fingerprint density at radius 3 is 2.36 bits per heavy atom. The van der Waals surface area contributed by atoms with Gasteiger partial charge in [-0.2, -0.15) is 0 Å². The molecule has 6 heteroatoms.